The summed E-state index contributed by atoms with van der Waals surface area (Å²) in [6.07, 6.45) is -0.0998. The number of carboxylic acids is 1. The van der Waals surface area contributed by atoms with Crippen LogP contribution in [0.5, 0.6) is 0 Å². The van der Waals surface area contributed by atoms with E-state index in [1.54, 1.807) is 26.8 Å². The molecule has 3 fully saturated rings. The van der Waals surface area contributed by atoms with E-state index in [0.717, 1.165) is 23.1 Å². The van der Waals surface area contributed by atoms with Gasteiger partial charge in [-0.05, 0) is 106 Å². The molecule has 2 aromatic heterocycles. The summed E-state index contributed by atoms with van der Waals surface area (Å²) in [5.74, 6) is -0.194. The number of aryl methyl sites for hydroxylation is 2. The van der Waals surface area contributed by atoms with Gasteiger partial charge in [0, 0.05) is 17.7 Å². The van der Waals surface area contributed by atoms with Gasteiger partial charge in [0.1, 0.15) is 10.8 Å². The lowest BCUT2D eigenvalue weighted by Gasteiger charge is -2.34. The highest BCUT2D eigenvalue weighted by Gasteiger charge is 2.62. The normalized spacial score (nSPS) is 29.7. The summed E-state index contributed by atoms with van der Waals surface area (Å²) >= 11 is 6.38. The van der Waals surface area contributed by atoms with Crippen LogP contribution in [0.15, 0.2) is 12.3 Å². The number of hydrogen-bond donors (Lipinski definition) is 1. The van der Waals surface area contributed by atoms with Gasteiger partial charge in [0.15, 0.2) is 5.78 Å². The van der Waals surface area contributed by atoms with Crippen molar-refractivity contribution >= 4 is 23.4 Å². The highest BCUT2D eigenvalue weighted by atomic mass is 35.5. The number of carbonyl (C=O) groups excluding carboxylic acids is 1. The van der Waals surface area contributed by atoms with Crippen LogP contribution in [-0.2, 0) is 17.4 Å². The van der Waals surface area contributed by atoms with Crippen LogP contribution < -0.4 is 0 Å². The molecule has 0 aromatic carbocycles. The van der Waals surface area contributed by atoms with Crippen molar-refractivity contribution in [3.8, 4) is 0 Å². The van der Waals surface area contributed by atoms with Crippen molar-refractivity contribution in [1.29, 1.82) is 0 Å². The van der Waals surface area contributed by atoms with Crippen LogP contribution in [0.25, 0.3) is 0 Å². The van der Waals surface area contributed by atoms with Gasteiger partial charge in [-0.15, -0.1) is 0 Å². The number of carboxylic acid groups (broad SMARTS) is 1. The quantitative estimate of drug-likeness (QED) is 0.248. The van der Waals surface area contributed by atoms with Crippen LogP contribution in [0, 0.1) is 48.3 Å². The Kier molecular flexibility index (Phi) is 7.61. The van der Waals surface area contributed by atoms with Crippen LogP contribution in [0.3, 0.4) is 0 Å². The fourth-order valence-corrected chi connectivity index (χ4v) is 8.30. The molecule has 0 aliphatic heterocycles. The molecule has 3 saturated carbocycles. The maximum absolute atomic E-state index is 14.6. The SMILES string of the molecule is Cc1cc(C)c(C(=O)CC(Cc2cnn(C3CCC(C)(C(=O)O)CC3)c2C(F)(F)F)C2C[C@@H]3[C@H](C2)C3(C)C)c(Cl)n1. The first kappa shape index (κ1) is 30.1. The highest BCUT2D eigenvalue weighted by Crippen LogP contribution is 2.69. The number of hydrogen-bond acceptors (Lipinski definition) is 4. The molecule has 0 bridgehead atoms. The van der Waals surface area contributed by atoms with Gasteiger partial charge < -0.3 is 5.11 Å². The van der Waals surface area contributed by atoms with Gasteiger partial charge in [-0.25, -0.2) is 4.98 Å². The monoisotopic (exact) mass is 593 g/mol. The number of Topliss-reactive ketones (excluding diaryl/α,β-unsaturated/α-hetero) is 1. The third-order valence-corrected chi connectivity index (χ3v) is 10.9. The van der Waals surface area contributed by atoms with E-state index >= 15 is 0 Å². The Bertz CT molecular complexity index is 1320. The van der Waals surface area contributed by atoms with Gasteiger partial charge in [-0.2, -0.15) is 18.3 Å². The second kappa shape index (κ2) is 10.4. The first-order valence-electron chi connectivity index (χ1n) is 14.6. The summed E-state index contributed by atoms with van der Waals surface area (Å²) in [6, 6.07) is 1.28. The largest absolute Gasteiger partial charge is 0.481 e. The zero-order chi connectivity index (χ0) is 30.1. The van der Waals surface area contributed by atoms with E-state index in [1.165, 1.54) is 6.20 Å². The molecule has 0 amide bonds. The standard InChI is InChI=1S/C31H39ClF3N3O3/c1-16-10-17(2)37-27(32)25(16)24(39)14-18(19-12-22-23(13-19)29(22,3)4)11-20-15-36-38(26(20)31(33,34)35)21-6-8-30(5,9-7-21)28(40)41/h10,15,18-19,21-23H,6-9,11-14H2,1-5H3,(H,40,41)/t18?,19?,21?,22-,23+,30?. The average Bonchev–Trinajstić information content (AvgIpc) is 3.25. The Morgan fingerprint density at radius 3 is 2.29 bits per heavy atom. The fourth-order valence-electron chi connectivity index (χ4n) is 7.92. The van der Waals surface area contributed by atoms with E-state index in [9.17, 15) is 27.9 Å². The van der Waals surface area contributed by atoms with E-state index in [2.05, 4.69) is 23.9 Å². The molecule has 0 radical (unpaired) electrons. The summed E-state index contributed by atoms with van der Waals surface area (Å²) in [6.45, 7) is 9.74. The number of halogens is 4. The Labute approximate surface area is 244 Å². The first-order chi connectivity index (χ1) is 19.0. The van der Waals surface area contributed by atoms with Gasteiger partial charge in [-0.1, -0.05) is 25.4 Å². The zero-order valence-corrected chi connectivity index (χ0v) is 25.1. The maximum Gasteiger partial charge on any atom is 0.433 e. The molecular weight excluding hydrogens is 555 g/mol. The number of nitrogens with zero attached hydrogens (tertiary/aromatic N) is 3. The van der Waals surface area contributed by atoms with Crippen LogP contribution >= 0.6 is 11.6 Å². The Hall–Kier alpha value is -2.42. The molecule has 4 atom stereocenters. The molecular formula is C31H39ClF3N3O3. The number of ketones is 1. The predicted molar refractivity (Wildman–Crippen MR) is 149 cm³/mol. The third kappa shape index (κ3) is 5.55. The van der Waals surface area contributed by atoms with E-state index in [-0.39, 0.29) is 46.6 Å². The molecule has 41 heavy (non-hydrogen) atoms. The lowest BCUT2D eigenvalue weighted by molar-refractivity contribution is -0.152. The maximum atomic E-state index is 14.6. The second-order valence-electron chi connectivity index (χ2n) is 13.7. The summed E-state index contributed by atoms with van der Waals surface area (Å²) in [5.41, 5.74) is 0.418. The summed E-state index contributed by atoms with van der Waals surface area (Å²) in [7, 11) is 0. The van der Waals surface area contributed by atoms with Gasteiger partial charge in [0.25, 0.3) is 0 Å². The average molecular weight is 594 g/mol. The van der Waals surface area contributed by atoms with Crippen LogP contribution in [-0.4, -0.2) is 31.6 Å². The first-order valence-corrected chi connectivity index (χ1v) is 14.9. The molecule has 0 spiro atoms. The van der Waals surface area contributed by atoms with Gasteiger partial charge in [0.2, 0.25) is 0 Å². The van der Waals surface area contributed by atoms with Crippen molar-refractivity contribution in [3.05, 3.63) is 45.5 Å². The molecule has 6 nitrogen and oxygen atoms in total. The van der Waals surface area contributed by atoms with Crippen molar-refractivity contribution in [3.63, 3.8) is 0 Å². The molecule has 1 N–H and O–H groups in total. The third-order valence-electron chi connectivity index (χ3n) is 10.6. The van der Waals surface area contributed by atoms with Crippen molar-refractivity contribution in [2.75, 3.05) is 0 Å². The Balaban J connectivity index is 1.43. The minimum atomic E-state index is -4.63. The predicted octanol–water partition coefficient (Wildman–Crippen LogP) is 7.89. The number of rotatable bonds is 8. The number of alkyl halides is 3. The number of pyridine rings is 1. The van der Waals surface area contributed by atoms with Crippen molar-refractivity contribution in [2.24, 2.45) is 34.5 Å². The molecule has 2 heterocycles. The number of aromatic nitrogens is 3. The molecule has 2 aromatic rings. The van der Waals surface area contributed by atoms with Gasteiger partial charge >= 0.3 is 12.1 Å². The molecule has 3 aliphatic carbocycles. The van der Waals surface area contributed by atoms with E-state index in [4.69, 9.17) is 11.6 Å². The van der Waals surface area contributed by atoms with Gasteiger partial charge in [0.05, 0.1) is 23.2 Å². The van der Waals surface area contributed by atoms with E-state index in [1.807, 2.05) is 0 Å². The number of fused-ring (bicyclic) bond motifs is 1. The summed E-state index contributed by atoms with van der Waals surface area (Å²) in [4.78, 5) is 29.5. The van der Waals surface area contributed by atoms with Gasteiger partial charge in [-0.3, -0.25) is 14.3 Å². The Morgan fingerprint density at radius 1 is 1.15 bits per heavy atom. The molecule has 10 heteroatoms. The molecule has 2 unspecified atom stereocenters. The van der Waals surface area contributed by atoms with E-state index in [0.29, 0.717) is 48.8 Å². The molecule has 224 valence electrons. The molecule has 5 rings (SSSR count). The zero-order valence-electron chi connectivity index (χ0n) is 24.3. The smallest absolute Gasteiger partial charge is 0.433 e. The van der Waals surface area contributed by atoms with Crippen LogP contribution in [0.2, 0.25) is 5.15 Å². The summed E-state index contributed by atoms with van der Waals surface area (Å²) < 4.78 is 44.9. The van der Waals surface area contributed by atoms with E-state index < -0.39 is 29.3 Å². The fraction of sp³-hybridized carbons (Fsp3) is 0.677. The molecule has 0 saturated heterocycles. The Morgan fingerprint density at radius 2 is 1.76 bits per heavy atom. The minimum absolute atomic E-state index is 0.0959. The van der Waals surface area contributed by atoms with Crippen molar-refractivity contribution in [2.45, 2.75) is 98.2 Å². The molecule has 3 aliphatic rings. The lowest BCUT2D eigenvalue weighted by atomic mass is 9.74. The van der Waals surface area contributed by atoms with Crippen molar-refractivity contribution < 1.29 is 27.9 Å². The van der Waals surface area contributed by atoms with Crippen molar-refractivity contribution in [1.82, 2.24) is 14.8 Å². The highest BCUT2D eigenvalue weighted by molar-refractivity contribution is 6.33. The summed E-state index contributed by atoms with van der Waals surface area (Å²) in [5, 5.41) is 13.9. The lowest BCUT2D eigenvalue weighted by Crippen LogP contribution is -2.34. The second-order valence-corrected chi connectivity index (χ2v) is 14.0. The topological polar surface area (TPSA) is 85.1 Å². The van der Waals surface area contributed by atoms with Crippen LogP contribution in [0.1, 0.15) is 105 Å². The number of aliphatic carboxylic acids is 1. The van der Waals surface area contributed by atoms with Crippen LogP contribution in [0.4, 0.5) is 13.2 Å². The number of carbonyl (C=O) groups is 2. The minimum Gasteiger partial charge on any atom is -0.481 e.